The summed E-state index contributed by atoms with van der Waals surface area (Å²) < 4.78 is 5.47. The Labute approximate surface area is 119 Å². The van der Waals surface area contributed by atoms with Gasteiger partial charge in [0.2, 0.25) is 0 Å². The van der Waals surface area contributed by atoms with Gasteiger partial charge in [-0.3, -0.25) is 4.79 Å². The Morgan fingerprint density at radius 3 is 2.45 bits per heavy atom. The van der Waals surface area contributed by atoms with Crippen LogP contribution >= 0.6 is 0 Å². The van der Waals surface area contributed by atoms with E-state index in [-0.39, 0.29) is 5.78 Å². The summed E-state index contributed by atoms with van der Waals surface area (Å²) in [6, 6.07) is 13.6. The minimum absolute atomic E-state index is 0.0787. The van der Waals surface area contributed by atoms with Crippen LogP contribution in [0.15, 0.2) is 42.5 Å². The molecule has 1 heterocycles. The fraction of sp³-hybridized carbons (Fsp3) is 0.278. The molecule has 0 saturated heterocycles. The summed E-state index contributed by atoms with van der Waals surface area (Å²) in [5.74, 6) is 1.48. The zero-order chi connectivity index (χ0) is 14.1. The lowest BCUT2D eigenvalue weighted by molar-refractivity contribution is 0.103. The molecule has 0 aliphatic carbocycles. The minimum Gasteiger partial charge on any atom is -0.493 e. The maximum absolute atomic E-state index is 12.5. The van der Waals surface area contributed by atoms with Crippen molar-refractivity contribution < 1.29 is 9.53 Å². The second-order valence-electron chi connectivity index (χ2n) is 5.53. The van der Waals surface area contributed by atoms with E-state index in [1.54, 1.807) is 0 Å². The summed E-state index contributed by atoms with van der Waals surface area (Å²) in [4.78, 5) is 12.5. The number of hydrogen-bond acceptors (Lipinski definition) is 2. The van der Waals surface area contributed by atoms with Gasteiger partial charge in [0.1, 0.15) is 5.75 Å². The number of ether oxygens (including phenoxy) is 1. The van der Waals surface area contributed by atoms with E-state index in [4.69, 9.17) is 4.74 Å². The molecule has 20 heavy (non-hydrogen) atoms. The molecule has 0 unspecified atom stereocenters. The third-order valence-corrected chi connectivity index (χ3v) is 3.79. The first-order valence-corrected chi connectivity index (χ1v) is 7.05. The third-order valence-electron chi connectivity index (χ3n) is 3.79. The lowest BCUT2D eigenvalue weighted by atomic mass is 9.97. The number of fused-ring (bicyclic) bond motifs is 1. The normalized spacial score (nSPS) is 13.2. The maximum atomic E-state index is 12.5. The van der Waals surface area contributed by atoms with Gasteiger partial charge in [0.15, 0.2) is 5.78 Å². The van der Waals surface area contributed by atoms with Crippen LogP contribution in [-0.2, 0) is 6.42 Å². The van der Waals surface area contributed by atoms with Crippen LogP contribution in [0.2, 0.25) is 0 Å². The van der Waals surface area contributed by atoms with Crippen molar-refractivity contribution in [3.05, 3.63) is 64.7 Å². The fourth-order valence-corrected chi connectivity index (χ4v) is 2.51. The quantitative estimate of drug-likeness (QED) is 0.786. The highest BCUT2D eigenvalue weighted by molar-refractivity contribution is 6.09. The van der Waals surface area contributed by atoms with Crippen molar-refractivity contribution in [3.63, 3.8) is 0 Å². The zero-order valence-corrected chi connectivity index (χ0v) is 11.8. The number of ketones is 1. The van der Waals surface area contributed by atoms with Crippen molar-refractivity contribution in [1.82, 2.24) is 0 Å². The molecule has 2 aromatic rings. The molecule has 2 aromatic carbocycles. The Morgan fingerprint density at radius 1 is 1.05 bits per heavy atom. The van der Waals surface area contributed by atoms with Crippen molar-refractivity contribution in [2.75, 3.05) is 6.61 Å². The Morgan fingerprint density at radius 2 is 1.75 bits per heavy atom. The minimum atomic E-state index is 0.0787. The highest BCUT2D eigenvalue weighted by atomic mass is 16.5. The highest BCUT2D eigenvalue weighted by Gasteiger charge is 2.16. The van der Waals surface area contributed by atoms with Gasteiger partial charge in [-0.1, -0.05) is 38.1 Å². The van der Waals surface area contributed by atoms with E-state index in [9.17, 15) is 4.79 Å². The summed E-state index contributed by atoms with van der Waals surface area (Å²) in [5, 5.41) is 0. The van der Waals surface area contributed by atoms with E-state index in [2.05, 4.69) is 13.8 Å². The van der Waals surface area contributed by atoms with Crippen molar-refractivity contribution in [2.24, 2.45) is 0 Å². The van der Waals surface area contributed by atoms with Gasteiger partial charge in [0.25, 0.3) is 0 Å². The lowest BCUT2D eigenvalue weighted by Gasteiger charge is -2.07. The molecule has 0 bridgehead atoms. The molecule has 0 spiro atoms. The van der Waals surface area contributed by atoms with E-state index < -0.39 is 0 Å². The number of benzene rings is 2. The SMILES string of the molecule is CC(C)c1ccc(C(=O)c2ccc3c(c2)CCO3)cc1. The van der Waals surface area contributed by atoms with Crippen LogP contribution < -0.4 is 4.74 Å². The molecule has 3 rings (SSSR count). The molecule has 2 heteroatoms. The lowest BCUT2D eigenvalue weighted by Crippen LogP contribution is -2.02. The molecule has 1 aliphatic rings. The van der Waals surface area contributed by atoms with E-state index in [0.717, 1.165) is 35.5 Å². The molecule has 0 N–H and O–H groups in total. The van der Waals surface area contributed by atoms with Crippen molar-refractivity contribution in [3.8, 4) is 5.75 Å². The number of carbonyl (C=O) groups excluding carboxylic acids is 1. The first kappa shape index (κ1) is 12.9. The summed E-state index contributed by atoms with van der Waals surface area (Å²) in [6.07, 6.45) is 0.892. The Kier molecular flexibility index (Phi) is 3.31. The summed E-state index contributed by atoms with van der Waals surface area (Å²) in [7, 11) is 0. The summed E-state index contributed by atoms with van der Waals surface area (Å²) >= 11 is 0. The first-order valence-electron chi connectivity index (χ1n) is 7.05. The second-order valence-corrected chi connectivity index (χ2v) is 5.53. The predicted molar refractivity (Wildman–Crippen MR) is 79.6 cm³/mol. The Hall–Kier alpha value is -2.09. The van der Waals surface area contributed by atoms with Crippen LogP contribution in [0, 0.1) is 0 Å². The highest BCUT2D eigenvalue weighted by Crippen LogP contribution is 2.27. The largest absolute Gasteiger partial charge is 0.493 e. The molecule has 0 radical (unpaired) electrons. The van der Waals surface area contributed by atoms with Gasteiger partial charge in [0, 0.05) is 17.5 Å². The van der Waals surface area contributed by atoms with Crippen molar-refractivity contribution >= 4 is 5.78 Å². The molecular weight excluding hydrogens is 248 g/mol. The molecule has 0 amide bonds. The van der Waals surface area contributed by atoms with Crippen LogP contribution in [0.4, 0.5) is 0 Å². The zero-order valence-electron chi connectivity index (χ0n) is 11.8. The molecule has 2 nitrogen and oxygen atoms in total. The number of rotatable bonds is 3. The third kappa shape index (κ3) is 2.34. The number of hydrogen-bond donors (Lipinski definition) is 0. The van der Waals surface area contributed by atoms with Gasteiger partial charge >= 0.3 is 0 Å². The van der Waals surface area contributed by atoms with Gasteiger partial charge in [-0.25, -0.2) is 0 Å². The van der Waals surface area contributed by atoms with Gasteiger partial charge < -0.3 is 4.74 Å². The molecule has 102 valence electrons. The van der Waals surface area contributed by atoms with Crippen LogP contribution in [-0.4, -0.2) is 12.4 Å². The second kappa shape index (κ2) is 5.12. The van der Waals surface area contributed by atoms with Crippen LogP contribution in [0.3, 0.4) is 0 Å². The Balaban J connectivity index is 1.88. The first-order chi connectivity index (χ1) is 9.65. The summed E-state index contributed by atoms with van der Waals surface area (Å²) in [5.41, 5.74) is 3.87. The van der Waals surface area contributed by atoms with E-state index in [0.29, 0.717) is 5.92 Å². The van der Waals surface area contributed by atoms with Gasteiger partial charge in [0.05, 0.1) is 6.61 Å². The molecule has 1 aliphatic heterocycles. The Bertz CT molecular complexity index is 639. The van der Waals surface area contributed by atoms with E-state index in [1.807, 2.05) is 42.5 Å². The van der Waals surface area contributed by atoms with Crippen LogP contribution in [0.25, 0.3) is 0 Å². The van der Waals surface area contributed by atoms with Crippen LogP contribution in [0.1, 0.15) is 46.8 Å². The van der Waals surface area contributed by atoms with E-state index in [1.165, 1.54) is 5.56 Å². The molecule has 0 atom stereocenters. The van der Waals surface area contributed by atoms with Gasteiger partial charge in [-0.05, 0) is 35.2 Å². The molecule has 0 fully saturated rings. The van der Waals surface area contributed by atoms with E-state index >= 15 is 0 Å². The predicted octanol–water partition coefficient (Wildman–Crippen LogP) is 3.98. The monoisotopic (exact) mass is 266 g/mol. The molecule has 0 aromatic heterocycles. The van der Waals surface area contributed by atoms with Gasteiger partial charge in [-0.15, -0.1) is 0 Å². The van der Waals surface area contributed by atoms with Crippen LogP contribution in [0.5, 0.6) is 5.75 Å². The maximum Gasteiger partial charge on any atom is 0.193 e. The molecular formula is C18H18O2. The van der Waals surface area contributed by atoms with Gasteiger partial charge in [-0.2, -0.15) is 0 Å². The topological polar surface area (TPSA) is 26.3 Å². The number of carbonyl (C=O) groups is 1. The average molecular weight is 266 g/mol. The average Bonchev–Trinajstić information content (AvgIpc) is 2.94. The fourth-order valence-electron chi connectivity index (χ4n) is 2.51. The standard InChI is InChI=1S/C18H18O2/c1-12(2)13-3-5-14(6-4-13)18(19)16-7-8-17-15(11-16)9-10-20-17/h3-8,11-12H,9-10H2,1-2H3. The van der Waals surface area contributed by atoms with Crippen molar-refractivity contribution in [2.45, 2.75) is 26.2 Å². The van der Waals surface area contributed by atoms with Crippen molar-refractivity contribution in [1.29, 1.82) is 0 Å². The molecule has 0 saturated carbocycles. The smallest absolute Gasteiger partial charge is 0.193 e. The summed E-state index contributed by atoms with van der Waals surface area (Å²) in [6.45, 7) is 5.02.